The van der Waals surface area contributed by atoms with Crippen LogP contribution in [0.25, 0.3) is 16.5 Å². The van der Waals surface area contributed by atoms with Gasteiger partial charge in [-0.05, 0) is 42.2 Å². The monoisotopic (exact) mass is 627 g/mol. The zero-order chi connectivity index (χ0) is 31.1. The van der Waals surface area contributed by atoms with Crippen LogP contribution in [0.2, 0.25) is 5.02 Å². The van der Waals surface area contributed by atoms with Gasteiger partial charge < -0.3 is 25.0 Å². The molecule has 0 spiro atoms. The molecule has 2 saturated heterocycles. The van der Waals surface area contributed by atoms with Gasteiger partial charge in [0.2, 0.25) is 0 Å². The molecule has 2 bridgehead atoms. The van der Waals surface area contributed by atoms with Crippen molar-refractivity contribution in [3.8, 4) is 11.4 Å². The number of aromatic nitrogens is 4. The fourth-order valence-corrected chi connectivity index (χ4v) is 8.26. The molecular weight excluding hydrogens is 590 g/mol. The van der Waals surface area contributed by atoms with Gasteiger partial charge in [-0.15, -0.1) is 0 Å². The minimum absolute atomic E-state index is 0.0483. The second kappa shape index (κ2) is 10.7. The van der Waals surface area contributed by atoms with Gasteiger partial charge >= 0.3 is 5.69 Å². The highest BCUT2D eigenvalue weighted by molar-refractivity contribution is 6.36. The summed E-state index contributed by atoms with van der Waals surface area (Å²) in [6.45, 7) is 10.6. The standard InChI is InChI=1S/C34H38ClN7O3/c1-17(2)30-32(31(18(3)4)37-16-36-30)42-25-13-40(24-11-21(43)10-19-6-5-7-22(35)28(19)24)14-27-29(25)33(39-34(42)44)41-12-20-8-9-23(38-20)26(41)15-45-27/h5-7,10-11,16-18,20,23,26-27,38,43H,8-9,12-15H2,1-4H3. The van der Waals surface area contributed by atoms with E-state index >= 15 is 0 Å². The largest absolute Gasteiger partial charge is 0.508 e. The van der Waals surface area contributed by atoms with Crippen LogP contribution >= 0.6 is 11.6 Å². The minimum atomic E-state index is -0.359. The van der Waals surface area contributed by atoms with Gasteiger partial charge in [0, 0.05) is 42.2 Å². The van der Waals surface area contributed by atoms with E-state index < -0.39 is 0 Å². The van der Waals surface area contributed by atoms with Crippen LogP contribution in [-0.4, -0.2) is 62.4 Å². The third-order valence-corrected chi connectivity index (χ3v) is 10.3. The molecule has 4 aromatic rings. The topological polar surface area (TPSA) is 109 Å². The number of benzene rings is 2. The van der Waals surface area contributed by atoms with E-state index in [1.54, 1.807) is 23.0 Å². The normalized spacial score (nSPS) is 23.9. The summed E-state index contributed by atoms with van der Waals surface area (Å²) >= 11 is 6.81. The molecule has 234 valence electrons. The Balaban J connectivity index is 1.41. The fraction of sp³-hybridized carbons (Fsp3) is 0.471. The fourth-order valence-electron chi connectivity index (χ4n) is 7.98. The maximum absolute atomic E-state index is 14.5. The van der Waals surface area contributed by atoms with Crippen molar-refractivity contribution in [3.05, 3.63) is 74.8 Å². The van der Waals surface area contributed by atoms with Crippen molar-refractivity contribution in [1.29, 1.82) is 0 Å². The summed E-state index contributed by atoms with van der Waals surface area (Å²) in [5, 5.41) is 16.9. The van der Waals surface area contributed by atoms with Gasteiger partial charge in [-0.3, -0.25) is 4.57 Å². The molecule has 2 aromatic heterocycles. The average Bonchev–Trinajstić information content (AvgIpc) is 3.32. The van der Waals surface area contributed by atoms with Crippen LogP contribution < -0.4 is 20.8 Å². The number of phenols is 1. The summed E-state index contributed by atoms with van der Waals surface area (Å²) < 4.78 is 8.60. The van der Waals surface area contributed by atoms with Gasteiger partial charge in [-0.2, -0.15) is 4.98 Å². The first-order chi connectivity index (χ1) is 21.7. The number of hydrogen-bond donors (Lipinski definition) is 2. The van der Waals surface area contributed by atoms with E-state index in [2.05, 4.69) is 42.8 Å². The van der Waals surface area contributed by atoms with Gasteiger partial charge in [0.25, 0.3) is 0 Å². The molecular formula is C34H38ClN7O3. The highest BCUT2D eigenvalue weighted by atomic mass is 35.5. The molecule has 6 heterocycles. The quantitative estimate of drug-likeness (QED) is 0.316. The predicted octanol–water partition coefficient (Wildman–Crippen LogP) is 5.18. The SMILES string of the molecule is CC(C)c1ncnc(C(C)C)c1-n1c2c3c(nc1=O)N1CC4CCC(N4)C1COC3CN(c1cc(O)cc3cccc(Cl)c13)C2. The number of halogens is 1. The second-order valence-electron chi connectivity index (χ2n) is 13.5. The summed E-state index contributed by atoms with van der Waals surface area (Å²) in [6.07, 6.45) is 3.43. The van der Waals surface area contributed by atoms with E-state index in [1.165, 1.54) is 0 Å². The molecule has 4 aliphatic rings. The molecule has 4 unspecified atom stereocenters. The molecule has 4 atom stereocenters. The number of piperazine rings is 1. The maximum atomic E-state index is 14.5. The van der Waals surface area contributed by atoms with Crippen LogP contribution in [0, 0.1) is 0 Å². The highest BCUT2D eigenvalue weighted by Crippen LogP contribution is 2.45. The Hall–Kier alpha value is -3.73. The predicted molar refractivity (Wildman–Crippen MR) is 175 cm³/mol. The first kappa shape index (κ1) is 28.7. The second-order valence-corrected chi connectivity index (χ2v) is 13.9. The van der Waals surface area contributed by atoms with E-state index in [9.17, 15) is 9.90 Å². The van der Waals surface area contributed by atoms with E-state index in [1.807, 2.05) is 18.2 Å². The number of fused-ring (bicyclic) bond motifs is 6. The minimum Gasteiger partial charge on any atom is -0.508 e. The maximum Gasteiger partial charge on any atom is 0.354 e. The van der Waals surface area contributed by atoms with Crippen molar-refractivity contribution in [2.45, 2.75) is 83.1 Å². The molecule has 2 aromatic carbocycles. The van der Waals surface area contributed by atoms with Gasteiger partial charge in [0.05, 0.1) is 52.7 Å². The van der Waals surface area contributed by atoms with Crippen molar-refractivity contribution in [2.75, 3.05) is 29.5 Å². The van der Waals surface area contributed by atoms with E-state index in [0.717, 1.165) is 64.3 Å². The number of hydrogen-bond acceptors (Lipinski definition) is 9. The molecule has 0 saturated carbocycles. The number of nitrogens with one attached hydrogen (secondary N) is 1. The van der Waals surface area contributed by atoms with Crippen LogP contribution in [0.4, 0.5) is 11.5 Å². The first-order valence-corrected chi connectivity index (χ1v) is 16.4. The molecule has 0 aliphatic carbocycles. The summed E-state index contributed by atoms with van der Waals surface area (Å²) in [4.78, 5) is 33.3. The molecule has 8 rings (SSSR count). The van der Waals surface area contributed by atoms with Crippen LogP contribution in [0.3, 0.4) is 0 Å². The van der Waals surface area contributed by atoms with Gasteiger partial charge in [-0.1, -0.05) is 51.4 Å². The lowest BCUT2D eigenvalue weighted by Crippen LogP contribution is -2.59. The lowest BCUT2D eigenvalue weighted by atomic mass is 9.97. The van der Waals surface area contributed by atoms with Crippen LogP contribution in [0.15, 0.2) is 41.5 Å². The third-order valence-electron chi connectivity index (χ3n) is 9.99. The van der Waals surface area contributed by atoms with Crippen LogP contribution in [-0.2, 0) is 11.3 Å². The zero-order valence-electron chi connectivity index (χ0n) is 26.0. The number of anilines is 2. The Morgan fingerprint density at radius 1 is 1.07 bits per heavy atom. The van der Waals surface area contributed by atoms with Crippen LogP contribution in [0.5, 0.6) is 5.75 Å². The Bertz CT molecular complexity index is 1870. The number of phenolic OH excluding ortho intramolecular Hbond substituents is 1. The number of nitrogens with zero attached hydrogens (tertiary/aromatic N) is 6. The lowest BCUT2D eigenvalue weighted by molar-refractivity contribution is 0.0413. The molecule has 45 heavy (non-hydrogen) atoms. The van der Waals surface area contributed by atoms with Crippen LogP contribution in [0.1, 0.15) is 81.1 Å². The van der Waals surface area contributed by atoms with E-state index in [-0.39, 0.29) is 41.5 Å². The van der Waals surface area contributed by atoms with Crippen molar-refractivity contribution in [1.82, 2.24) is 24.8 Å². The smallest absolute Gasteiger partial charge is 0.354 e. The molecule has 0 radical (unpaired) electrons. The average molecular weight is 628 g/mol. The van der Waals surface area contributed by atoms with Gasteiger partial charge in [0.1, 0.15) is 24.0 Å². The molecule has 2 fully saturated rings. The zero-order valence-corrected chi connectivity index (χ0v) is 26.8. The Morgan fingerprint density at radius 3 is 2.60 bits per heavy atom. The summed E-state index contributed by atoms with van der Waals surface area (Å²) in [7, 11) is 0. The van der Waals surface area contributed by atoms with Crippen molar-refractivity contribution < 1.29 is 9.84 Å². The van der Waals surface area contributed by atoms with Crippen molar-refractivity contribution >= 4 is 33.9 Å². The Morgan fingerprint density at radius 2 is 1.84 bits per heavy atom. The van der Waals surface area contributed by atoms with Crippen molar-refractivity contribution in [2.24, 2.45) is 0 Å². The van der Waals surface area contributed by atoms with Crippen molar-refractivity contribution in [3.63, 3.8) is 0 Å². The number of rotatable bonds is 4. The van der Waals surface area contributed by atoms with E-state index in [4.69, 9.17) is 31.3 Å². The van der Waals surface area contributed by atoms with E-state index in [0.29, 0.717) is 36.4 Å². The molecule has 4 aliphatic heterocycles. The molecule has 11 heteroatoms. The molecule has 10 nitrogen and oxygen atoms in total. The Kier molecular flexibility index (Phi) is 6.81. The number of aromatic hydroxyl groups is 1. The number of ether oxygens (including phenoxy) is 1. The summed E-state index contributed by atoms with van der Waals surface area (Å²) in [6, 6.07) is 9.94. The lowest BCUT2D eigenvalue weighted by Gasteiger charge is -2.41. The summed E-state index contributed by atoms with van der Waals surface area (Å²) in [5.74, 6) is 0.990. The van der Waals surface area contributed by atoms with Gasteiger partial charge in [-0.25, -0.2) is 14.8 Å². The first-order valence-electron chi connectivity index (χ1n) is 16.0. The van der Waals surface area contributed by atoms with Gasteiger partial charge in [0.15, 0.2) is 0 Å². The summed E-state index contributed by atoms with van der Waals surface area (Å²) in [5.41, 5.74) is 4.55. The third kappa shape index (κ3) is 4.52. The highest BCUT2D eigenvalue weighted by Gasteiger charge is 2.47. The molecule has 0 amide bonds. The Labute approximate surface area is 267 Å². The molecule has 2 N–H and O–H groups in total.